The van der Waals surface area contributed by atoms with Gasteiger partial charge in [0.15, 0.2) is 11.6 Å². The predicted octanol–water partition coefficient (Wildman–Crippen LogP) is 5.21. The van der Waals surface area contributed by atoms with Gasteiger partial charge in [0.2, 0.25) is 21.7 Å². The van der Waals surface area contributed by atoms with Crippen LogP contribution in [-0.4, -0.2) is 43.6 Å². The van der Waals surface area contributed by atoms with Crippen LogP contribution in [0.3, 0.4) is 0 Å². The normalized spacial score (nSPS) is 22.6. The molecule has 13 heteroatoms. The summed E-state index contributed by atoms with van der Waals surface area (Å²) >= 11 is 0.358. The maximum atomic E-state index is 14.4. The molecule has 3 atom stereocenters. The zero-order chi connectivity index (χ0) is 27.1. The van der Waals surface area contributed by atoms with Gasteiger partial charge in [-0.1, -0.05) is 12.1 Å². The number of nitrogens with one attached hydrogen (secondary N) is 2. The van der Waals surface area contributed by atoms with Gasteiger partial charge in [0.1, 0.15) is 4.75 Å². The smallest absolute Gasteiger partial charge is 0.403 e. The lowest BCUT2D eigenvalue weighted by molar-refractivity contribution is -0.155. The molecule has 2 aromatic carbocycles. The fraction of sp³-hybridized carbons (Fsp3) is 0.435. The average Bonchev–Trinajstić information content (AvgIpc) is 3.14. The Hall–Kier alpha value is -2.38. The van der Waals surface area contributed by atoms with Gasteiger partial charge in [0.25, 0.3) is 0 Å². The van der Waals surface area contributed by atoms with E-state index in [1.165, 1.54) is 24.3 Å². The second kappa shape index (κ2) is 10.2. The van der Waals surface area contributed by atoms with Crippen molar-refractivity contribution in [1.82, 2.24) is 4.72 Å². The van der Waals surface area contributed by atoms with Gasteiger partial charge in [0, 0.05) is 23.2 Å². The molecular weight excluding hydrogens is 527 g/mol. The summed E-state index contributed by atoms with van der Waals surface area (Å²) in [4.78, 5) is 13.1. The first-order valence-corrected chi connectivity index (χ1v) is 13.2. The molecule has 0 bridgehead atoms. The maximum Gasteiger partial charge on any atom is 0.403 e. The number of hydrogen-bond donors (Lipinski definition) is 2. The van der Waals surface area contributed by atoms with Crippen LogP contribution in [0, 0.1) is 11.6 Å². The molecule has 36 heavy (non-hydrogen) atoms. The van der Waals surface area contributed by atoms with E-state index >= 15 is 0 Å². The van der Waals surface area contributed by atoms with Gasteiger partial charge in [-0.25, -0.2) is 17.5 Å². The Morgan fingerprint density at radius 3 is 2.44 bits per heavy atom. The van der Waals surface area contributed by atoms with Crippen LogP contribution in [0.2, 0.25) is 0 Å². The minimum Gasteiger partial charge on any atom is -0.493 e. The third kappa shape index (κ3) is 5.62. The number of benzene rings is 2. The molecule has 0 aliphatic carbocycles. The zero-order valence-corrected chi connectivity index (χ0v) is 21.4. The summed E-state index contributed by atoms with van der Waals surface area (Å²) < 4.78 is 99.8. The van der Waals surface area contributed by atoms with Crippen LogP contribution < -0.4 is 14.8 Å². The number of methoxy groups -OCH3 is 1. The lowest BCUT2D eigenvalue weighted by Gasteiger charge is -2.26. The molecule has 3 rings (SSSR count). The van der Waals surface area contributed by atoms with Crippen LogP contribution in [0.4, 0.5) is 27.6 Å². The maximum absolute atomic E-state index is 14.4. The number of hydrogen-bond acceptors (Lipinski definition) is 5. The van der Waals surface area contributed by atoms with Crippen molar-refractivity contribution in [2.45, 2.75) is 60.2 Å². The molecule has 0 spiro atoms. The summed E-state index contributed by atoms with van der Waals surface area (Å²) in [6.07, 6.45) is -5.29. The number of thioether (sulfide) groups is 1. The van der Waals surface area contributed by atoms with E-state index in [0.29, 0.717) is 11.8 Å². The predicted molar refractivity (Wildman–Crippen MR) is 127 cm³/mol. The van der Waals surface area contributed by atoms with Gasteiger partial charge in [0.05, 0.1) is 17.3 Å². The molecule has 0 saturated carbocycles. The Balaban J connectivity index is 1.99. The number of alkyl halides is 3. The average molecular weight is 553 g/mol. The molecule has 1 fully saturated rings. The summed E-state index contributed by atoms with van der Waals surface area (Å²) in [5.41, 5.74) is -0.0293. The second-order valence-corrected chi connectivity index (χ2v) is 12.2. The summed E-state index contributed by atoms with van der Waals surface area (Å²) in [6, 6.07) is 6.74. The summed E-state index contributed by atoms with van der Waals surface area (Å²) in [5.74, 6) is -5.21. The van der Waals surface area contributed by atoms with Crippen molar-refractivity contribution in [1.29, 1.82) is 0 Å². The van der Waals surface area contributed by atoms with Crippen molar-refractivity contribution in [2.75, 3.05) is 12.4 Å². The Morgan fingerprint density at radius 2 is 1.86 bits per heavy atom. The van der Waals surface area contributed by atoms with E-state index in [9.17, 15) is 35.2 Å². The molecule has 1 heterocycles. The third-order valence-corrected chi connectivity index (χ3v) is 9.08. The van der Waals surface area contributed by atoms with Crippen molar-refractivity contribution in [2.24, 2.45) is 0 Å². The quantitative estimate of drug-likeness (QED) is 0.461. The molecule has 2 aromatic rings. The number of rotatable bonds is 7. The van der Waals surface area contributed by atoms with Gasteiger partial charge >= 0.3 is 6.18 Å². The van der Waals surface area contributed by atoms with Crippen LogP contribution >= 0.6 is 11.8 Å². The fourth-order valence-electron chi connectivity index (χ4n) is 4.01. The summed E-state index contributed by atoms with van der Waals surface area (Å²) in [6.45, 7) is 4.20. The minimum atomic E-state index is -4.70. The molecule has 1 aliphatic heterocycles. The van der Waals surface area contributed by atoms with E-state index in [1.54, 1.807) is 13.8 Å². The van der Waals surface area contributed by atoms with Crippen LogP contribution in [-0.2, 0) is 14.8 Å². The van der Waals surface area contributed by atoms with Gasteiger partial charge < -0.3 is 10.1 Å². The molecule has 198 valence electrons. The van der Waals surface area contributed by atoms with E-state index in [0.717, 1.165) is 26.2 Å². The minimum absolute atomic E-state index is 0.0452. The highest BCUT2D eigenvalue weighted by Gasteiger charge is 2.60. The topological polar surface area (TPSA) is 84.5 Å². The highest BCUT2D eigenvalue weighted by molar-refractivity contribution is 8.02. The number of carbonyl (C=O) groups is 1. The van der Waals surface area contributed by atoms with E-state index in [4.69, 9.17) is 4.74 Å². The number of carbonyl (C=O) groups excluding carboxylic acids is 1. The highest BCUT2D eigenvalue weighted by Crippen LogP contribution is 2.59. The molecule has 0 aromatic heterocycles. The standard InChI is InChI=1S/C23H25F5N2O4S2/c1-12(2)30-36(32,33)14-7-5-6-13(10-14)29-21(31)20-16(11-22(3,35-20)23(26,27)28)15-8-9-17(24)18(25)19(15)34-4/h5-10,12,16,20,30H,11H2,1-4H3,(H,29,31)/t16-,20+,22+/m0/s1. The first-order valence-electron chi connectivity index (χ1n) is 10.8. The number of ether oxygens (including phenoxy) is 1. The molecule has 6 nitrogen and oxygen atoms in total. The lowest BCUT2D eigenvalue weighted by atomic mass is 9.85. The fourth-order valence-corrected chi connectivity index (χ4v) is 6.85. The number of sulfonamides is 1. The molecule has 1 amide bonds. The highest BCUT2D eigenvalue weighted by atomic mass is 32.2. The SMILES string of the molecule is COc1c([C@@H]2C[C@](C)(C(F)(F)F)S[C@H]2C(=O)Nc2cccc(S(=O)(=O)NC(C)C)c2)ccc(F)c1F. The molecule has 2 N–H and O–H groups in total. The van der Waals surface area contributed by atoms with Crippen molar-refractivity contribution < 1.29 is 39.9 Å². The first-order chi connectivity index (χ1) is 16.6. The largest absolute Gasteiger partial charge is 0.493 e. The zero-order valence-electron chi connectivity index (χ0n) is 19.7. The molecule has 0 radical (unpaired) electrons. The van der Waals surface area contributed by atoms with Crippen molar-refractivity contribution >= 4 is 33.4 Å². The lowest BCUT2D eigenvalue weighted by Crippen LogP contribution is -2.37. The molecule has 0 unspecified atom stereocenters. The van der Waals surface area contributed by atoms with Gasteiger partial charge in [-0.3, -0.25) is 4.79 Å². The number of anilines is 1. The van der Waals surface area contributed by atoms with Crippen LogP contribution in [0.15, 0.2) is 41.3 Å². The van der Waals surface area contributed by atoms with Crippen molar-refractivity contribution in [3.05, 3.63) is 53.6 Å². The van der Waals surface area contributed by atoms with E-state index in [2.05, 4.69) is 10.0 Å². The van der Waals surface area contributed by atoms with Crippen LogP contribution in [0.25, 0.3) is 0 Å². The number of amides is 1. The van der Waals surface area contributed by atoms with E-state index < -0.39 is 67.9 Å². The first kappa shape index (κ1) is 28.2. The van der Waals surface area contributed by atoms with E-state index in [1.807, 2.05) is 0 Å². The monoisotopic (exact) mass is 552 g/mol. The Morgan fingerprint density at radius 1 is 1.19 bits per heavy atom. The molecule has 1 saturated heterocycles. The Labute approximate surface area is 210 Å². The van der Waals surface area contributed by atoms with Gasteiger partial charge in [-0.15, -0.1) is 11.8 Å². The van der Waals surface area contributed by atoms with Crippen molar-refractivity contribution in [3.63, 3.8) is 0 Å². The van der Waals surface area contributed by atoms with Gasteiger partial charge in [-0.05, 0) is 51.5 Å². The number of halogens is 5. The Kier molecular flexibility index (Phi) is 7.97. The molecular formula is C23H25F5N2O4S2. The van der Waals surface area contributed by atoms with Crippen LogP contribution in [0.5, 0.6) is 5.75 Å². The second-order valence-electron chi connectivity index (χ2n) is 8.85. The third-order valence-electron chi connectivity index (χ3n) is 5.71. The van der Waals surface area contributed by atoms with E-state index in [-0.39, 0.29) is 16.1 Å². The Bertz CT molecular complexity index is 1250. The van der Waals surface area contributed by atoms with Crippen LogP contribution in [0.1, 0.15) is 38.7 Å². The van der Waals surface area contributed by atoms with Gasteiger partial charge in [-0.2, -0.15) is 17.6 Å². The van der Waals surface area contributed by atoms with Crippen molar-refractivity contribution in [3.8, 4) is 5.75 Å². The molecule has 1 aliphatic rings. The summed E-state index contributed by atoms with van der Waals surface area (Å²) in [5, 5.41) is 1.10. The summed E-state index contributed by atoms with van der Waals surface area (Å²) in [7, 11) is -2.84.